The second-order valence-corrected chi connectivity index (χ2v) is 9.51. The number of nitrogens with one attached hydrogen (secondary N) is 1. The van der Waals surface area contributed by atoms with Crippen LogP contribution in [0.2, 0.25) is 0 Å². The number of halogens is 1. The number of carbonyl (C=O) groups excluding carboxylic acids is 2. The molecule has 1 amide bonds. The maximum absolute atomic E-state index is 12.8. The summed E-state index contributed by atoms with van der Waals surface area (Å²) in [6.07, 6.45) is 1.47. The molecule has 7 nitrogen and oxygen atoms in total. The number of nitrogens with zero attached hydrogens (tertiary/aromatic N) is 1. The van der Waals surface area contributed by atoms with Crippen molar-refractivity contribution >= 4 is 50.3 Å². The van der Waals surface area contributed by atoms with Crippen LogP contribution in [0.25, 0.3) is 16.8 Å². The van der Waals surface area contributed by atoms with Gasteiger partial charge in [-0.1, -0.05) is 36.4 Å². The third-order valence-electron chi connectivity index (χ3n) is 5.86. The normalized spacial score (nSPS) is 11.0. The first-order chi connectivity index (χ1) is 19.4. The second-order valence-electron chi connectivity index (χ2n) is 8.65. The largest absolute Gasteiger partial charge is 0.490 e. The standard InChI is InChI=1S/C32H27BrN2O5/c1-3-38-29-18-22(16-26(19-34)31(36)35-27-13-11-24(12-14-27)32(37)39-4-2)17-28(33)30(29)40-20-21-9-10-23-7-5-6-8-25(23)15-21/h5-18H,3-4,20H2,1-2H3,(H,35,36)/b26-16+. The maximum Gasteiger partial charge on any atom is 0.338 e. The van der Waals surface area contributed by atoms with Crippen LogP contribution in [0.15, 0.2) is 88.9 Å². The lowest BCUT2D eigenvalue weighted by atomic mass is 10.1. The predicted octanol–water partition coefficient (Wildman–Crippen LogP) is 7.30. The smallest absolute Gasteiger partial charge is 0.338 e. The molecule has 0 aromatic heterocycles. The summed E-state index contributed by atoms with van der Waals surface area (Å²) in [5.74, 6) is -0.0246. The topological polar surface area (TPSA) is 97.7 Å². The number of fused-ring (bicyclic) bond motifs is 1. The lowest BCUT2D eigenvalue weighted by Crippen LogP contribution is -2.13. The Morgan fingerprint density at radius 1 is 0.925 bits per heavy atom. The molecule has 0 unspecified atom stereocenters. The zero-order chi connectivity index (χ0) is 28.5. The van der Waals surface area contributed by atoms with E-state index in [1.54, 1.807) is 43.3 Å². The summed E-state index contributed by atoms with van der Waals surface area (Å²) in [5.41, 5.74) is 2.29. The number of anilines is 1. The Morgan fingerprint density at radius 2 is 1.68 bits per heavy atom. The Labute approximate surface area is 241 Å². The average Bonchev–Trinajstić information content (AvgIpc) is 2.96. The zero-order valence-corrected chi connectivity index (χ0v) is 23.7. The molecule has 1 N–H and O–H groups in total. The first kappa shape index (κ1) is 28.4. The number of hydrogen-bond acceptors (Lipinski definition) is 6. The molecule has 0 radical (unpaired) electrons. The van der Waals surface area contributed by atoms with Crippen molar-refractivity contribution < 1.29 is 23.8 Å². The number of esters is 1. The molecule has 0 heterocycles. The minimum atomic E-state index is -0.586. The highest BCUT2D eigenvalue weighted by molar-refractivity contribution is 9.10. The SMILES string of the molecule is CCOC(=O)c1ccc(NC(=O)/C(C#N)=C/c2cc(Br)c(OCc3ccc4ccccc4c3)c(OCC)c2)cc1. The van der Waals surface area contributed by atoms with Crippen LogP contribution in [0.3, 0.4) is 0 Å². The Hall–Kier alpha value is -4.61. The molecule has 0 aliphatic rings. The number of carbonyl (C=O) groups is 2. The van der Waals surface area contributed by atoms with E-state index < -0.39 is 11.9 Å². The highest BCUT2D eigenvalue weighted by Gasteiger charge is 2.15. The quantitative estimate of drug-likeness (QED) is 0.117. The third-order valence-corrected chi connectivity index (χ3v) is 6.45. The lowest BCUT2D eigenvalue weighted by molar-refractivity contribution is -0.112. The van der Waals surface area contributed by atoms with Crippen molar-refractivity contribution in [2.45, 2.75) is 20.5 Å². The first-order valence-electron chi connectivity index (χ1n) is 12.7. The van der Waals surface area contributed by atoms with Crippen molar-refractivity contribution in [1.82, 2.24) is 0 Å². The van der Waals surface area contributed by atoms with Crippen molar-refractivity contribution in [3.63, 3.8) is 0 Å². The van der Waals surface area contributed by atoms with Gasteiger partial charge in [-0.2, -0.15) is 5.26 Å². The second kappa shape index (κ2) is 13.5. The molecular formula is C32H27BrN2O5. The predicted molar refractivity (Wildman–Crippen MR) is 158 cm³/mol. The molecular weight excluding hydrogens is 572 g/mol. The summed E-state index contributed by atoms with van der Waals surface area (Å²) in [6.45, 7) is 4.60. The van der Waals surface area contributed by atoms with Crippen LogP contribution in [0.5, 0.6) is 11.5 Å². The van der Waals surface area contributed by atoms with Crippen molar-refractivity contribution in [3.8, 4) is 17.6 Å². The molecule has 202 valence electrons. The van der Waals surface area contributed by atoms with E-state index in [4.69, 9.17) is 14.2 Å². The number of rotatable bonds is 10. The summed E-state index contributed by atoms with van der Waals surface area (Å²) in [5, 5.41) is 14.7. The molecule has 0 saturated carbocycles. The number of amides is 1. The first-order valence-corrected chi connectivity index (χ1v) is 13.5. The summed E-state index contributed by atoms with van der Waals surface area (Å²) in [7, 11) is 0. The van der Waals surface area contributed by atoms with E-state index in [-0.39, 0.29) is 12.2 Å². The van der Waals surface area contributed by atoms with Crippen LogP contribution in [0.4, 0.5) is 5.69 Å². The Morgan fingerprint density at radius 3 is 2.38 bits per heavy atom. The van der Waals surface area contributed by atoms with Crippen LogP contribution in [-0.2, 0) is 16.1 Å². The highest BCUT2D eigenvalue weighted by atomic mass is 79.9. The summed E-state index contributed by atoms with van der Waals surface area (Å²) >= 11 is 3.56. The van der Waals surface area contributed by atoms with Gasteiger partial charge in [0.25, 0.3) is 5.91 Å². The number of ether oxygens (including phenoxy) is 3. The molecule has 0 aliphatic heterocycles. The minimum Gasteiger partial charge on any atom is -0.490 e. The van der Waals surface area contributed by atoms with E-state index in [0.29, 0.717) is 46.0 Å². The van der Waals surface area contributed by atoms with Gasteiger partial charge >= 0.3 is 5.97 Å². The van der Waals surface area contributed by atoms with Crippen molar-refractivity contribution in [1.29, 1.82) is 5.26 Å². The van der Waals surface area contributed by atoms with Crippen LogP contribution >= 0.6 is 15.9 Å². The lowest BCUT2D eigenvalue weighted by Gasteiger charge is -2.15. The third kappa shape index (κ3) is 7.07. The molecule has 0 atom stereocenters. The van der Waals surface area contributed by atoms with Gasteiger partial charge < -0.3 is 19.5 Å². The number of nitriles is 1. The van der Waals surface area contributed by atoms with Gasteiger partial charge in [-0.05, 0) is 100 Å². The van der Waals surface area contributed by atoms with E-state index in [1.165, 1.54) is 6.08 Å². The van der Waals surface area contributed by atoms with Crippen molar-refractivity contribution in [3.05, 3.63) is 106 Å². The van der Waals surface area contributed by atoms with Crippen molar-refractivity contribution in [2.75, 3.05) is 18.5 Å². The van der Waals surface area contributed by atoms with E-state index in [1.807, 2.05) is 31.2 Å². The van der Waals surface area contributed by atoms with Gasteiger partial charge in [-0.3, -0.25) is 4.79 Å². The van der Waals surface area contributed by atoms with Gasteiger partial charge in [0.15, 0.2) is 11.5 Å². The summed E-state index contributed by atoms with van der Waals surface area (Å²) < 4.78 is 17.6. The van der Waals surface area contributed by atoms with Gasteiger partial charge in [0.1, 0.15) is 18.2 Å². The Balaban J connectivity index is 1.51. The van der Waals surface area contributed by atoms with Crippen LogP contribution in [-0.4, -0.2) is 25.1 Å². The Kier molecular flexibility index (Phi) is 9.55. The van der Waals surface area contributed by atoms with E-state index in [2.05, 4.69) is 45.5 Å². The molecule has 4 aromatic carbocycles. The minimum absolute atomic E-state index is 0.103. The fraction of sp³-hybridized carbons (Fsp3) is 0.156. The van der Waals surface area contributed by atoms with Gasteiger partial charge in [0, 0.05) is 5.69 Å². The van der Waals surface area contributed by atoms with Gasteiger partial charge in [-0.25, -0.2) is 4.79 Å². The number of benzene rings is 4. The molecule has 0 saturated heterocycles. The molecule has 8 heteroatoms. The van der Waals surface area contributed by atoms with E-state index in [0.717, 1.165) is 16.3 Å². The molecule has 4 aromatic rings. The van der Waals surface area contributed by atoms with Crippen LogP contribution in [0.1, 0.15) is 35.3 Å². The number of hydrogen-bond donors (Lipinski definition) is 1. The molecule has 0 spiro atoms. The van der Waals surface area contributed by atoms with E-state index >= 15 is 0 Å². The van der Waals surface area contributed by atoms with Crippen LogP contribution < -0.4 is 14.8 Å². The summed E-state index contributed by atoms with van der Waals surface area (Å²) in [4.78, 5) is 24.7. The molecule has 0 fully saturated rings. The fourth-order valence-corrected chi connectivity index (χ4v) is 4.55. The average molecular weight is 599 g/mol. The Bertz CT molecular complexity index is 1610. The van der Waals surface area contributed by atoms with Crippen LogP contribution in [0, 0.1) is 11.3 Å². The summed E-state index contributed by atoms with van der Waals surface area (Å²) in [6, 6.07) is 26.0. The van der Waals surface area contributed by atoms with Gasteiger partial charge in [0.2, 0.25) is 0 Å². The molecule has 40 heavy (non-hydrogen) atoms. The van der Waals surface area contributed by atoms with Gasteiger partial charge in [-0.15, -0.1) is 0 Å². The molecule has 4 rings (SSSR count). The van der Waals surface area contributed by atoms with Crippen molar-refractivity contribution in [2.24, 2.45) is 0 Å². The fourth-order valence-electron chi connectivity index (χ4n) is 3.98. The zero-order valence-electron chi connectivity index (χ0n) is 22.1. The van der Waals surface area contributed by atoms with Gasteiger partial charge in [0.05, 0.1) is 23.2 Å². The molecule has 0 aliphatic carbocycles. The maximum atomic E-state index is 12.8. The monoisotopic (exact) mass is 598 g/mol. The molecule has 0 bridgehead atoms. The van der Waals surface area contributed by atoms with E-state index in [9.17, 15) is 14.9 Å². The highest BCUT2D eigenvalue weighted by Crippen LogP contribution is 2.38.